The lowest BCUT2D eigenvalue weighted by atomic mass is 9.86. The molecule has 100 valence electrons. The highest BCUT2D eigenvalue weighted by molar-refractivity contribution is 5.76. The lowest BCUT2D eigenvalue weighted by molar-refractivity contribution is -0.123. The number of aromatic nitrogens is 2. The summed E-state index contributed by atoms with van der Waals surface area (Å²) in [4.78, 5) is 23.2. The van der Waals surface area contributed by atoms with Crippen molar-refractivity contribution in [2.45, 2.75) is 52.1 Å². The van der Waals surface area contributed by atoms with Gasteiger partial charge in [0.05, 0.1) is 0 Å². The minimum atomic E-state index is -0.584. The molecule has 1 N–H and O–H groups in total. The first-order chi connectivity index (χ1) is 8.58. The molecule has 2 atom stereocenters. The third kappa shape index (κ3) is 2.80. The summed E-state index contributed by atoms with van der Waals surface area (Å²) in [5.41, 5.74) is 0. The van der Waals surface area contributed by atoms with Crippen LogP contribution in [0.1, 0.15) is 38.4 Å². The monoisotopic (exact) mass is 253 g/mol. The molecule has 1 saturated carbocycles. The van der Waals surface area contributed by atoms with Gasteiger partial charge in [0.2, 0.25) is 5.91 Å². The van der Waals surface area contributed by atoms with Crippen molar-refractivity contribution in [1.82, 2.24) is 15.0 Å². The highest BCUT2D eigenvalue weighted by Gasteiger charge is 2.23. The number of hydrogen-bond donors (Lipinski definition) is 1. The van der Waals surface area contributed by atoms with E-state index in [0.29, 0.717) is 11.7 Å². The van der Waals surface area contributed by atoms with Gasteiger partial charge in [0, 0.05) is 6.04 Å². The van der Waals surface area contributed by atoms with Crippen molar-refractivity contribution in [3.8, 4) is 0 Å². The summed E-state index contributed by atoms with van der Waals surface area (Å²) in [6.45, 7) is 3.78. The van der Waals surface area contributed by atoms with E-state index < -0.39 is 5.76 Å². The maximum atomic E-state index is 11.9. The molecule has 6 heteroatoms. The first-order valence-electron chi connectivity index (χ1n) is 6.40. The molecule has 0 radical (unpaired) electrons. The van der Waals surface area contributed by atoms with Gasteiger partial charge >= 0.3 is 5.76 Å². The van der Waals surface area contributed by atoms with Gasteiger partial charge in [-0.3, -0.25) is 13.9 Å². The molecule has 0 aliphatic heterocycles. The van der Waals surface area contributed by atoms with Gasteiger partial charge < -0.3 is 5.32 Å². The Morgan fingerprint density at radius 3 is 2.83 bits per heavy atom. The minimum absolute atomic E-state index is 0.0165. The molecule has 1 aliphatic rings. The topological polar surface area (TPSA) is 77.1 Å². The molecule has 1 aliphatic carbocycles. The van der Waals surface area contributed by atoms with Crippen LogP contribution in [0.15, 0.2) is 9.32 Å². The first-order valence-corrected chi connectivity index (χ1v) is 6.40. The van der Waals surface area contributed by atoms with Crippen LogP contribution in [0.4, 0.5) is 0 Å². The number of rotatable bonds is 3. The summed E-state index contributed by atoms with van der Waals surface area (Å²) in [7, 11) is 0. The normalized spacial score (nSPS) is 23.9. The van der Waals surface area contributed by atoms with Crippen molar-refractivity contribution in [2.75, 3.05) is 0 Å². The zero-order valence-electron chi connectivity index (χ0n) is 10.8. The predicted molar refractivity (Wildman–Crippen MR) is 65.1 cm³/mol. The third-order valence-corrected chi connectivity index (χ3v) is 3.63. The summed E-state index contributed by atoms with van der Waals surface area (Å²) in [6, 6.07) is 0.224. The second-order valence-corrected chi connectivity index (χ2v) is 5.02. The van der Waals surface area contributed by atoms with E-state index in [2.05, 4.69) is 21.9 Å². The van der Waals surface area contributed by atoms with E-state index >= 15 is 0 Å². The van der Waals surface area contributed by atoms with Crippen molar-refractivity contribution in [3.63, 3.8) is 0 Å². The van der Waals surface area contributed by atoms with Gasteiger partial charge in [-0.2, -0.15) is 0 Å². The minimum Gasteiger partial charge on any atom is -0.352 e. The molecule has 0 spiro atoms. The van der Waals surface area contributed by atoms with Gasteiger partial charge in [-0.1, -0.05) is 24.9 Å². The molecule has 6 nitrogen and oxygen atoms in total. The predicted octanol–water partition coefficient (Wildman–Crippen LogP) is 0.840. The lowest BCUT2D eigenvalue weighted by Crippen LogP contribution is -2.43. The van der Waals surface area contributed by atoms with Gasteiger partial charge in [0.25, 0.3) is 0 Å². The van der Waals surface area contributed by atoms with E-state index in [-0.39, 0.29) is 18.5 Å². The molecule has 1 fully saturated rings. The van der Waals surface area contributed by atoms with Gasteiger partial charge in [-0.25, -0.2) is 4.79 Å². The van der Waals surface area contributed by atoms with Crippen LogP contribution in [0, 0.1) is 12.8 Å². The standard InChI is InChI=1S/C12H19N3O3/c1-8-5-3-4-6-10(8)13-11(16)7-15-9(2)14-18-12(15)17/h8,10H,3-7H2,1-2H3,(H,13,16). The van der Waals surface area contributed by atoms with Crippen LogP contribution in [0.2, 0.25) is 0 Å². The molecule has 0 bridgehead atoms. The number of aryl methyl sites for hydroxylation is 1. The smallest absolute Gasteiger partial charge is 0.352 e. The molecular weight excluding hydrogens is 234 g/mol. The summed E-state index contributed by atoms with van der Waals surface area (Å²) < 4.78 is 5.72. The average Bonchev–Trinajstić information content (AvgIpc) is 2.64. The van der Waals surface area contributed by atoms with Crippen molar-refractivity contribution >= 4 is 5.91 Å². The van der Waals surface area contributed by atoms with Crippen LogP contribution in [-0.2, 0) is 11.3 Å². The zero-order valence-corrected chi connectivity index (χ0v) is 10.8. The van der Waals surface area contributed by atoms with Crippen LogP contribution in [0.25, 0.3) is 0 Å². The fourth-order valence-electron chi connectivity index (χ4n) is 2.44. The number of hydrogen-bond acceptors (Lipinski definition) is 4. The van der Waals surface area contributed by atoms with E-state index in [1.54, 1.807) is 6.92 Å². The highest BCUT2D eigenvalue weighted by Crippen LogP contribution is 2.23. The number of amides is 1. The Morgan fingerprint density at radius 1 is 1.50 bits per heavy atom. The molecule has 0 aromatic carbocycles. The van der Waals surface area contributed by atoms with E-state index in [1.807, 2.05) is 0 Å². The van der Waals surface area contributed by atoms with Gasteiger partial charge in [-0.05, 0) is 25.7 Å². The summed E-state index contributed by atoms with van der Waals surface area (Å²) in [6.07, 6.45) is 4.56. The molecule has 1 amide bonds. The third-order valence-electron chi connectivity index (χ3n) is 3.63. The highest BCUT2D eigenvalue weighted by atomic mass is 16.5. The van der Waals surface area contributed by atoms with Crippen LogP contribution in [0.3, 0.4) is 0 Å². The average molecular weight is 253 g/mol. The summed E-state index contributed by atoms with van der Waals surface area (Å²) >= 11 is 0. The largest absolute Gasteiger partial charge is 0.442 e. The zero-order chi connectivity index (χ0) is 13.1. The van der Waals surface area contributed by atoms with Crippen LogP contribution >= 0.6 is 0 Å². The molecule has 2 unspecified atom stereocenters. The van der Waals surface area contributed by atoms with Crippen molar-refractivity contribution in [1.29, 1.82) is 0 Å². The molecule has 2 rings (SSSR count). The molecule has 1 heterocycles. The van der Waals surface area contributed by atoms with Crippen molar-refractivity contribution < 1.29 is 9.32 Å². The maximum Gasteiger partial charge on any atom is 0.442 e. The number of carbonyl (C=O) groups is 1. The first kappa shape index (κ1) is 12.9. The van der Waals surface area contributed by atoms with Crippen LogP contribution in [0.5, 0.6) is 0 Å². The Balaban J connectivity index is 1.94. The second kappa shape index (κ2) is 5.37. The van der Waals surface area contributed by atoms with Gasteiger partial charge in [0.1, 0.15) is 6.54 Å². The quantitative estimate of drug-likeness (QED) is 0.866. The lowest BCUT2D eigenvalue weighted by Gasteiger charge is -2.29. The number of carbonyl (C=O) groups excluding carboxylic acids is 1. The van der Waals surface area contributed by atoms with Crippen LogP contribution in [-0.4, -0.2) is 21.7 Å². The van der Waals surface area contributed by atoms with Crippen LogP contribution < -0.4 is 11.1 Å². The second-order valence-electron chi connectivity index (χ2n) is 5.02. The molecule has 1 aromatic rings. The summed E-state index contributed by atoms with van der Waals surface area (Å²) in [5.74, 6) is 0.191. The fraction of sp³-hybridized carbons (Fsp3) is 0.750. The number of nitrogens with zero attached hydrogens (tertiary/aromatic N) is 2. The Morgan fingerprint density at radius 2 is 2.22 bits per heavy atom. The summed E-state index contributed by atoms with van der Waals surface area (Å²) in [5, 5.41) is 6.52. The molecule has 1 aromatic heterocycles. The van der Waals surface area contributed by atoms with Gasteiger partial charge in [-0.15, -0.1) is 0 Å². The molecule has 18 heavy (non-hydrogen) atoms. The number of nitrogens with one attached hydrogen (secondary N) is 1. The molecular formula is C12H19N3O3. The Hall–Kier alpha value is -1.59. The maximum absolute atomic E-state index is 11.9. The fourth-order valence-corrected chi connectivity index (χ4v) is 2.44. The van der Waals surface area contributed by atoms with E-state index in [9.17, 15) is 9.59 Å². The van der Waals surface area contributed by atoms with Gasteiger partial charge in [0.15, 0.2) is 5.82 Å². The van der Waals surface area contributed by atoms with Crippen molar-refractivity contribution in [2.24, 2.45) is 5.92 Å². The Bertz CT molecular complexity index is 477. The molecule has 0 saturated heterocycles. The van der Waals surface area contributed by atoms with E-state index in [1.165, 1.54) is 11.0 Å². The van der Waals surface area contributed by atoms with E-state index in [0.717, 1.165) is 19.3 Å². The Labute approximate surface area is 105 Å². The van der Waals surface area contributed by atoms with Crippen molar-refractivity contribution in [3.05, 3.63) is 16.4 Å². The SMILES string of the molecule is Cc1noc(=O)n1CC(=O)NC1CCCCC1C. The van der Waals surface area contributed by atoms with E-state index in [4.69, 9.17) is 0 Å². The Kier molecular flexibility index (Phi) is 3.84.